The first-order valence-electron chi connectivity index (χ1n) is 7.70. The zero-order chi connectivity index (χ0) is 14.7. The number of piperidine rings is 1. The van der Waals surface area contributed by atoms with Gasteiger partial charge in [0.25, 0.3) is 0 Å². The van der Waals surface area contributed by atoms with Crippen LogP contribution in [0, 0.1) is 5.92 Å². The highest BCUT2D eigenvalue weighted by Gasteiger charge is 2.27. The summed E-state index contributed by atoms with van der Waals surface area (Å²) in [6.45, 7) is 4.50. The second kappa shape index (κ2) is 6.41. The van der Waals surface area contributed by atoms with Gasteiger partial charge >= 0.3 is 0 Å². The number of aromatic nitrogens is 2. The van der Waals surface area contributed by atoms with Crippen molar-refractivity contribution in [2.45, 2.75) is 32.4 Å². The van der Waals surface area contributed by atoms with Crippen molar-refractivity contribution in [1.29, 1.82) is 0 Å². The fourth-order valence-electron chi connectivity index (χ4n) is 3.25. The first-order chi connectivity index (χ1) is 10.3. The molecule has 1 aromatic heterocycles. The van der Waals surface area contributed by atoms with Gasteiger partial charge < -0.3 is 9.67 Å². The van der Waals surface area contributed by atoms with E-state index in [1.54, 1.807) is 6.20 Å². The van der Waals surface area contributed by atoms with Gasteiger partial charge in [0.15, 0.2) is 0 Å². The first-order valence-corrected chi connectivity index (χ1v) is 7.70. The fourth-order valence-corrected chi connectivity index (χ4v) is 3.25. The molecule has 2 atom stereocenters. The molecule has 0 amide bonds. The first kappa shape index (κ1) is 14.3. The largest absolute Gasteiger partial charge is 0.395 e. The van der Waals surface area contributed by atoms with Crippen LogP contribution in [0.15, 0.2) is 43.0 Å². The van der Waals surface area contributed by atoms with Crippen molar-refractivity contribution in [1.82, 2.24) is 14.5 Å². The molecule has 4 nitrogen and oxygen atoms in total. The number of aliphatic hydroxyl groups is 1. The van der Waals surface area contributed by atoms with Gasteiger partial charge in [-0.1, -0.05) is 19.1 Å². The molecule has 0 aliphatic carbocycles. The summed E-state index contributed by atoms with van der Waals surface area (Å²) >= 11 is 0. The highest BCUT2D eigenvalue weighted by molar-refractivity contribution is 5.34. The molecule has 112 valence electrons. The van der Waals surface area contributed by atoms with Crippen LogP contribution in [0.4, 0.5) is 0 Å². The summed E-state index contributed by atoms with van der Waals surface area (Å²) in [5.41, 5.74) is 2.42. The molecule has 21 heavy (non-hydrogen) atoms. The molecule has 2 heterocycles. The van der Waals surface area contributed by atoms with Gasteiger partial charge in [0.05, 0.1) is 12.9 Å². The molecule has 2 aromatic rings. The van der Waals surface area contributed by atoms with Gasteiger partial charge in [-0.3, -0.25) is 4.90 Å². The van der Waals surface area contributed by atoms with Gasteiger partial charge in [0.2, 0.25) is 0 Å². The summed E-state index contributed by atoms with van der Waals surface area (Å²) in [4.78, 5) is 6.49. The third-order valence-corrected chi connectivity index (χ3v) is 4.54. The van der Waals surface area contributed by atoms with E-state index in [-0.39, 0.29) is 6.61 Å². The predicted octanol–water partition coefficient (Wildman–Crippen LogP) is 2.47. The smallest absolute Gasteiger partial charge is 0.0991 e. The second-order valence-corrected chi connectivity index (χ2v) is 5.98. The van der Waals surface area contributed by atoms with E-state index in [1.165, 1.54) is 18.4 Å². The van der Waals surface area contributed by atoms with Gasteiger partial charge in [-0.25, -0.2) is 4.98 Å². The van der Waals surface area contributed by atoms with Crippen LogP contribution in [0.25, 0.3) is 5.69 Å². The Balaban J connectivity index is 1.70. The minimum absolute atomic E-state index is 0.258. The van der Waals surface area contributed by atoms with Crippen molar-refractivity contribution >= 4 is 0 Å². The maximum absolute atomic E-state index is 9.63. The minimum atomic E-state index is 0.258. The van der Waals surface area contributed by atoms with E-state index in [2.05, 4.69) is 41.1 Å². The Morgan fingerprint density at radius 2 is 2.10 bits per heavy atom. The number of rotatable bonds is 4. The highest BCUT2D eigenvalue weighted by atomic mass is 16.3. The Morgan fingerprint density at radius 1 is 1.29 bits per heavy atom. The maximum Gasteiger partial charge on any atom is 0.0991 e. The summed E-state index contributed by atoms with van der Waals surface area (Å²) < 4.78 is 2.00. The molecule has 1 aromatic carbocycles. The Kier molecular flexibility index (Phi) is 4.36. The topological polar surface area (TPSA) is 41.3 Å². The molecule has 0 saturated carbocycles. The average Bonchev–Trinajstić information content (AvgIpc) is 3.03. The molecular weight excluding hydrogens is 262 g/mol. The van der Waals surface area contributed by atoms with Crippen molar-refractivity contribution in [3.8, 4) is 5.69 Å². The molecule has 0 spiro atoms. The van der Waals surface area contributed by atoms with E-state index >= 15 is 0 Å². The summed E-state index contributed by atoms with van der Waals surface area (Å²) in [5.74, 6) is 0.578. The number of aliphatic hydroxyl groups excluding tert-OH is 1. The van der Waals surface area contributed by atoms with Gasteiger partial charge in [0.1, 0.15) is 0 Å². The Labute approximate surface area is 126 Å². The minimum Gasteiger partial charge on any atom is -0.395 e. The van der Waals surface area contributed by atoms with E-state index in [0.29, 0.717) is 12.0 Å². The lowest BCUT2D eigenvalue weighted by Crippen LogP contribution is -2.45. The van der Waals surface area contributed by atoms with E-state index in [4.69, 9.17) is 0 Å². The van der Waals surface area contributed by atoms with Crippen LogP contribution >= 0.6 is 0 Å². The lowest BCUT2D eigenvalue weighted by molar-refractivity contribution is 0.0472. The quantitative estimate of drug-likeness (QED) is 0.938. The standard InChI is InChI=1S/C17H23N3O/c1-14-3-2-9-19(17(14)12-21)11-15-4-6-16(7-5-15)20-10-8-18-13-20/h4-8,10,13-14,17,21H,2-3,9,11-12H2,1H3. The third-order valence-electron chi connectivity index (χ3n) is 4.54. The number of benzene rings is 1. The van der Waals surface area contributed by atoms with Gasteiger partial charge in [-0.05, 0) is 43.0 Å². The predicted molar refractivity (Wildman–Crippen MR) is 83.2 cm³/mol. The average molecular weight is 285 g/mol. The summed E-state index contributed by atoms with van der Waals surface area (Å²) in [6, 6.07) is 8.88. The molecule has 4 heteroatoms. The Bertz CT molecular complexity index is 550. The van der Waals surface area contributed by atoms with Crippen molar-refractivity contribution in [2.24, 2.45) is 5.92 Å². The number of likely N-dealkylation sites (tertiary alicyclic amines) is 1. The molecule has 1 fully saturated rings. The zero-order valence-electron chi connectivity index (χ0n) is 12.5. The lowest BCUT2D eigenvalue weighted by atomic mass is 9.91. The molecule has 0 bridgehead atoms. The normalized spacial score (nSPS) is 23.3. The van der Waals surface area contributed by atoms with E-state index in [0.717, 1.165) is 18.8 Å². The number of hydrogen-bond acceptors (Lipinski definition) is 3. The van der Waals surface area contributed by atoms with E-state index in [9.17, 15) is 5.11 Å². The zero-order valence-corrected chi connectivity index (χ0v) is 12.5. The maximum atomic E-state index is 9.63. The van der Waals surface area contributed by atoms with E-state index in [1.807, 2.05) is 17.1 Å². The Morgan fingerprint density at radius 3 is 2.76 bits per heavy atom. The number of hydrogen-bond donors (Lipinski definition) is 1. The summed E-state index contributed by atoms with van der Waals surface area (Å²) in [5, 5.41) is 9.63. The van der Waals surface area contributed by atoms with Crippen molar-refractivity contribution < 1.29 is 5.11 Å². The fraction of sp³-hybridized carbons (Fsp3) is 0.471. The van der Waals surface area contributed by atoms with Crippen molar-refractivity contribution in [2.75, 3.05) is 13.2 Å². The Hall–Kier alpha value is -1.65. The monoisotopic (exact) mass is 285 g/mol. The van der Waals surface area contributed by atoms with Crippen LogP contribution in [0.1, 0.15) is 25.3 Å². The number of imidazole rings is 1. The molecule has 2 unspecified atom stereocenters. The highest BCUT2D eigenvalue weighted by Crippen LogP contribution is 2.24. The molecule has 1 saturated heterocycles. The third kappa shape index (κ3) is 3.17. The van der Waals surface area contributed by atoms with E-state index < -0.39 is 0 Å². The van der Waals surface area contributed by atoms with Gasteiger partial charge in [-0.2, -0.15) is 0 Å². The van der Waals surface area contributed by atoms with Crippen LogP contribution in [0.3, 0.4) is 0 Å². The molecular formula is C17H23N3O. The van der Waals surface area contributed by atoms with Gasteiger partial charge in [-0.15, -0.1) is 0 Å². The van der Waals surface area contributed by atoms with Crippen molar-refractivity contribution in [3.63, 3.8) is 0 Å². The van der Waals surface area contributed by atoms with Crippen molar-refractivity contribution in [3.05, 3.63) is 48.5 Å². The van der Waals surface area contributed by atoms with Crippen LogP contribution < -0.4 is 0 Å². The molecule has 3 rings (SSSR count). The van der Waals surface area contributed by atoms with Gasteiger partial charge in [0, 0.05) is 30.7 Å². The molecule has 0 radical (unpaired) electrons. The summed E-state index contributed by atoms with van der Waals surface area (Å²) in [6.07, 6.45) is 7.99. The lowest BCUT2D eigenvalue weighted by Gasteiger charge is -2.39. The van der Waals surface area contributed by atoms with Crippen LogP contribution in [-0.2, 0) is 6.54 Å². The van der Waals surface area contributed by atoms with Crippen LogP contribution in [-0.4, -0.2) is 38.8 Å². The molecule has 1 aliphatic rings. The summed E-state index contributed by atoms with van der Waals surface area (Å²) in [7, 11) is 0. The second-order valence-electron chi connectivity index (χ2n) is 5.98. The van der Waals surface area contributed by atoms with Crippen LogP contribution in [0.5, 0.6) is 0 Å². The number of nitrogens with zero attached hydrogens (tertiary/aromatic N) is 3. The SMILES string of the molecule is CC1CCCN(Cc2ccc(-n3ccnc3)cc2)C1CO. The van der Waals surface area contributed by atoms with Crippen LogP contribution in [0.2, 0.25) is 0 Å². The molecule has 1 N–H and O–H groups in total. The molecule has 1 aliphatic heterocycles.